The zero-order chi connectivity index (χ0) is 12.2. The Balaban J connectivity index is 2.63. The van der Waals surface area contributed by atoms with Crippen LogP contribution in [0, 0.1) is 0 Å². The van der Waals surface area contributed by atoms with Crippen molar-refractivity contribution in [3.63, 3.8) is 0 Å². The predicted molar refractivity (Wildman–Crippen MR) is 54.3 cm³/mol. The first kappa shape index (κ1) is 12.5. The minimum absolute atomic E-state index is 0.000984. The van der Waals surface area contributed by atoms with Gasteiger partial charge in [-0.15, -0.1) is 0 Å². The summed E-state index contributed by atoms with van der Waals surface area (Å²) >= 11 is 0. The van der Waals surface area contributed by atoms with Crippen molar-refractivity contribution in [1.29, 1.82) is 0 Å². The van der Waals surface area contributed by atoms with Crippen molar-refractivity contribution in [2.24, 2.45) is 0 Å². The molecule has 0 bridgehead atoms. The van der Waals surface area contributed by atoms with E-state index in [4.69, 9.17) is 5.11 Å². The second-order valence-corrected chi connectivity index (χ2v) is 4.51. The third kappa shape index (κ3) is 3.52. The Morgan fingerprint density at radius 2 is 1.88 bits per heavy atom. The molecule has 0 aromatic heterocycles. The number of ether oxygens (including phenoxy) is 1. The number of benzene rings is 1. The Bertz CT molecular complexity index is 461. The first-order valence-electron chi connectivity index (χ1n) is 4.19. The lowest BCUT2D eigenvalue weighted by atomic mass is 10.2. The molecule has 1 aromatic rings. The van der Waals surface area contributed by atoms with Gasteiger partial charge in [0.05, 0.1) is 12.7 Å². The van der Waals surface area contributed by atoms with Crippen LogP contribution in [-0.4, -0.2) is 32.5 Å². The lowest BCUT2D eigenvalue weighted by Gasteiger charge is -2.04. The molecule has 7 heteroatoms. The monoisotopic (exact) mass is 246 g/mol. The average Bonchev–Trinajstić information content (AvgIpc) is 2.27. The molecule has 0 radical (unpaired) electrons. The van der Waals surface area contributed by atoms with Crippen molar-refractivity contribution in [1.82, 2.24) is 0 Å². The van der Waals surface area contributed by atoms with Gasteiger partial charge < -0.3 is 9.84 Å². The van der Waals surface area contributed by atoms with Gasteiger partial charge in [-0.25, -0.2) is 4.79 Å². The van der Waals surface area contributed by atoms with E-state index in [0.29, 0.717) is 0 Å². The molecule has 1 N–H and O–H groups in total. The van der Waals surface area contributed by atoms with E-state index in [1.54, 1.807) is 0 Å². The first-order chi connectivity index (χ1) is 7.44. The highest BCUT2D eigenvalue weighted by Crippen LogP contribution is 2.10. The normalized spacial score (nSPS) is 11.1. The summed E-state index contributed by atoms with van der Waals surface area (Å²) in [6.45, 7) is 0. The highest BCUT2D eigenvalue weighted by atomic mass is 32.2. The molecule has 0 heterocycles. The predicted octanol–water partition coefficient (Wildman–Crippen LogP) is 0.483. The van der Waals surface area contributed by atoms with Crippen LogP contribution >= 0.6 is 0 Å². The second kappa shape index (κ2) is 4.95. The fourth-order valence-electron chi connectivity index (χ4n) is 0.855. The van der Waals surface area contributed by atoms with Gasteiger partial charge in [0.1, 0.15) is 5.75 Å². The molecule has 0 spiro atoms. The molecule has 0 aliphatic rings. The molecule has 88 valence electrons. The van der Waals surface area contributed by atoms with Crippen LogP contribution in [-0.2, 0) is 19.0 Å². The number of carbonyl (C=O) groups is 1. The third-order valence-corrected chi connectivity index (χ3v) is 2.61. The summed E-state index contributed by atoms with van der Waals surface area (Å²) in [6, 6.07) is 5.22. The molecular formula is C9H10O6S. The fraction of sp³-hybridized carbons (Fsp3) is 0.222. The zero-order valence-electron chi connectivity index (χ0n) is 8.41. The maximum Gasteiger partial charge on any atom is 0.339 e. The van der Waals surface area contributed by atoms with Crippen LogP contribution in [0.1, 0.15) is 10.4 Å². The number of hydrogen-bond acceptors (Lipinski definition) is 6. The van der Waals surface area contributed by atoms with Gasteiger partial charge in [-0.2, -0.15) is 8.42 Å². The number of esters is 1. The van der Waals surface area contributed by atoms with Crippen LogP contribution in [0.3, 0.4) is 0 Å². The van der Waals surface area contributed by atoms with Crippen molar-refractivity contribution in [3.8, 4) is 5.75 Å². The van der Waals surface area contributed by atoms with Gasteiger partial charge in [-0.05, 0) is 24.3 Å². The van der Waals surface area contributed by atoms with E-state index < -0.39 is 22.0 Å². The molecule has 6 nitrogen and oxygen atoms in total. The van der Waals surface area contributed by atoms with Gasteiger partial charge in [-0.3, -0.25) is 4.18 Å². The van der Waals surface area contributed by atoms with Gasteiger partial charge in [0.25, 0.3) is 0 Å². The smallest absolute Gasteiger partial charge is 0.339 e. The quantitative estimate of drug-likeness (QED) is 0.614. The van der Waals surface area contributed by atoms with Crippen molar-refractivity contribution in [2.45, 2.75) is 0 Å². The van der Waals surface area contributed by atoms with Crippen LogP contribution in [0.5, 0.6) is 5.75 Å². The second-order valence-electron chi connectivity index (χ2n) is 2.82. The van der Waals surface area contributed by atoms with E-state index in [1.165, 1.54) is 24.3 Å². The first-order valence-corrected chi connectivity index (χ1v) is 5.77. The molecule has 0 atom stereocenters. The summed E-state index contributed by atoms with van der Waals surface area (Å²) in [6.07, 6.45) is 0. The van der Waals surface area contributed by atoms with Crippen LogP contribution < -0.4 is 0 Å². The van der Waals surface area contributed by atoms with Crippen LogP contribution in [0.25, 0.3) is 0 Å². The molecule has 0 amide bonds. The molecule has 0 aliphatic heterocycles. The maximum absolute atomic E-state index is 11.3. The van der Waals surface area contributed by atoms with Gasteiger partial charge in [0, 0.05) is 0 Å². The number of phenols is 1. The highest BCUT2D eigenvalue weighted by molar-refractivity contribution is 7.86. The zero-order valence-corrected chi connectivity index (χ0v) is 9.23. The molecule has 1 aromatic carbocycles. The molecule has 0 saturated carbocycles. The molecule has 0 saturated heterocycles. The summed E-state index contributed by atoms with van der Waals surface area (Å²) in [5.74, 6) is -1.65. The molecule has 0 aliphatic carbocycles. The SMILES string of the molecule is COS(=O)(=O)COC(=O)c1ccc(O)cc1. The molecule has 0 unspecified atom stereocenters. The number of phenolic OH excluding ortho intramolecular Hbond substituents is 1. The van der Waals surface area contributed by atoms with Crippen molar-refractivity contribution in [2.75, 3.05) is 13.0 Å². The number of carbonyl (C=O) groups excluding carboxylic acids is 1. The highest BCUT2D eigenvalue weighted by Gasteiger charge is 2.14. The number of rotatable bonds is 4. The number of hydrogen-bond donors (Lipinski definition) is 1. The van der Waals surface area contributed by atoms with Gasteiger partial charge >= 0.3 is 16.1 Å². The van der Waals surface area contributed by atoms with Crippen LogP contribution in [0.4, 0.5) is 0 Å². The van der Waals surface area contributed by atoms with Crippen molar-refractivity contribution >= 4 is 16.1 Å². The Morgan fingerprint density at radius 3 is 2.38 bits per heavy atom. The van der Waals surface area contributed by atoms with E-state index in [-0.39, 0.29) is 11.3 Å². The summed E-state index contributed by atoms with van der Waals surface area (Å²) in [7, 11) is -2.85. The Morgan fingerprint density at radius 1 is 1.31 bits per heavy atom. The lowest BCUT2D eigenvalue weighted by molar-refractivity contribution is 0.0563. The average molecular weight is 246 g/mol. The standard InChI is InChI=1S/C9H10O6S/c1-14-16(12,13)6-15-9(11)7-2-4-8(10)5-3-7/h2-5,10H,6H2,1H3. The Kier molecular flexibility index (Phi) is 3.86. The van der Waals surface area contributed by atoms with E-state index in [2.05, 4.69) is 8.92 Å². The van der Waals surface area contributed by atoms with Gasteiger partial charge in [-0.1, -0.05) is 0 Å². The minimum Gasteiger partial charge on any atom is -0.508 e. The van der Waals surface area contributed by atoms with Crippen LogP contribution in [0.15, 0.2) is 24.3 Å². The fourth-order valence-corrected chi connectivity index (χ4v) is 1.20. The number of aromatic hydroxyl groups is 1. The van der Waals surface area contributed by atoms with Gasteiger partial charge in [0.2, 0.25) is 5.94 Å². The molecular weight excluding hydrogens is 236 g/mol. The van der Waals surface area contributed by atoms with Crippen molar-refractivity contribution < 1.29 is 27.2 Å². The molecule has 1 rings (SSSR count). The van der Waals surface area contributed by atoms with E-state index in [0.717, 1.165) is 7.11 Å². The lowest BCUT2D eigenvalue weighted by Crippen LogP contribution is -2.15. The third-order valence-electron chi connectivity index (χ3n) is 1.69. The Labute approximate surface area is 92.5 Å². The van der Waals surface area contributed by atoms with E-state index in [1.807, 2.05) is 0 Å². The summed E-state index contributed by atoms with van der Waals surface area (Å²) < 4.78 is 30.3. The largest absolute Gasteiger partial charge is 0.508 e. The Hall–Kier alpha value is -1.60. The van der Waals surface area contributed by atoms with E-state index >= 15 is 0 Å². The summed E-state index contributed by atoms with van der Waals surface area (Å²) in [4.78, 5) is 11.3. The topological polar surface area (TPSA) is 89.9 Å². The van der Waals surface area contributed by atoms with Crippen LogP contribution in [0.2, 0.25) is 0 Å². The molecule has 0 fully saturated rings. The molecule has 16 heavy (non-hydrogen) atoms. The summed E-state index contributed by atoms with van der Waals surface area (Å²) in [5, 5.41) is 8.97. The summed E-state index contributed by atoms with van der Waals surface area (Å²) in [5.41, 5.74) is 0.143. The maximum atomic E-state index is 11.3. The minimum atomic E-state index is -3.82. The van der Waals surface area contributed by atoms with Gasteiger partial charge in [0.15, 0.2) is 0 Å². The van der Waals surface area contributed by atoms with E-state index in [9.17, 15) is 13.2 Å². The van der Waals surface area contributed by atoms with Crippen molar-refractivity contribution in [3.05, 3.63) is 29.8 Å².